The molecule has 0 fully saturated rings. The first-order chi connectivity index (χ1) is 8.43. The lowest BCUT2D eigenvalue weighted by atomic mass is 10.1. The smallest absolute Gasteiger partial charge is 0.358 e. The normalized spacial score (nSPS) is 19.0. The zero-order chi connectivity index (χ0) is 13.3. The molecule has 1 atom stereocenters. The molecular formula is C10H13F3N4O. The Morgan fingerprint density at radius 2 is 2.39 bits per heavy atom. The van der Waals surface area contributed by atoms with Gasteiger partial charge in [-0.1, -0.05) is 0 Å². The van der Waals surface area contributed by atoms with Gasteiger partial charge in [-0.05, 0) is 13.3 Å². The molecular weight excluding hydrogens is 249 g/mol. The number of aromatic nitrogens is 2. The molecule has 1 aromatic rings. The number of hydrogen-bond donors (Lipinski definition) is 2. The van der Waals surface area contributed by atoms with Gasteiger partial charge in [0.1, 0.15) is 11.9 Å². The van der Waals surface area contributed by atoms with Crippen LogP contribution in [0.3, 0.4) is 0 Å². The van der Waals surface area contributed by atoms with Gasteiger partial charge in [0.25, 0.3) is 5.91 Å². The van der Waals surface area contributed by atoms with Gasteiger partial charge in [0.2, 0.25) is 0 Å². The molecule has 1 amide bonds. The highest BCUT2D eigenvalue weighted by Crippen LogP contribution is 2.31. The van der Waals surface area contributed by atoms with E-state index >= 15 is 0 Å². The molecule has 18 heavy (non-hydrogen) atoms. The summed E-state index contributed by atoms with van der Waals surface area (Å²) in [6.45, 7) is 2.32. The van der Waals surface area contributed by atoms with Crippen LogP contribution in [-0.2, 0) is 6.54 Å². The average molecular weight is 262 g/mol. The number of amides is 1. The zero-order valence-corrected chi connectivity index (χ0v) is 9.71. The van der Waals surface area contributed by atoms with Crippen molar-refractivity contribution in [2.45, 2.75) is 32.1 Å². The molecule has 0 aromatic carbocycles. The minimum absolute atomic E-state index is 0.00537. The fraction of sp³-hybridized carbons (Fsp3) is 0.600. The van der Waals surface area contributed by atoms with E-state index in [9.17, 15) is 18.0 Å². The van der Waals surface area contributed by atoms with Crippen LogP contribution in [0.2, 0.25) is 0 Å². The number of anilines is 1. The highest BCUT2D eigenvalue weighted by atomic mass is 19.4. The third-order valence-corrected chi connectivity index (χ3v) is 2.75. The quantitative estimate of drug-likeness (QED) is 0.846. The molecule has 8 heteroatoms. The van der Waals surface area contributed by atoms with Gasteiger partial charge >= 0.3 is 6.18 Å². The summed E-state index contributed by atoms with van der Waals surface area (Å²) in [4.78, 5) is 15.5. The number of nitrogens with one attached hydrogen (secondary N) is 2. The van der Waals surface area contributed by atoms with Crippen molar-refractivity contribution in [2.24, 2.45) is 0 Å². The van der Waals surface area contributed by atoms with Crippen molar-refractivity contribution in [3.05, 3.63) is 12.0 Å². The largest absolute Gasteiger partial charge is 0.408 e. The lowest BCUT2D eigenvalue weighted by Crippen LogP contribution is -2.41. The standard InChI is InChI=1S/C10H13F3N4O/c1-2-14-9(18)7-8-16-6(10(11,12)13)3-4-17(8)5-15-7/h5-6,16H,2-4H2,1H3,(H,14,18). The number of carbonyl (C=O) groups is 1. The van der Waals surface area contributed by atoms with Gasteiger partial charge in [0.05, 0.1) is 6.33 Å². The third kappa shape index (κ3) is 2.27. The fourth-order valence-corrected chi connectivity index (χ4v) is 1.86. The Labute approximate surface area is 101 Å². The predicted octanol–water partition coefficient (Wildman–Crippen LogP) is 1.38. The van der Waals surface area contributed by atoms with Crippen LogP contribution >= 0.6 is 0 Å². The van der Waals surface area contributed by atoms with Crippen LogP contribution < -0.4 is 10.6 Å². The Bertz CT molecular complexity index is 454. The molecule has 1 aliphatic rings. The Balaban J connectivity index is 2.24. The van der Waals surface area contributed by atoms with Crippen LogP contribution in [-0.4, -0.2) is 34.2 Å². The SMILES string of the molecule is CCNC(=O)c1ncn2c1NC(C(F)(F)F)CC2. The highest BCUT2D eigenvalue weighted by molar-refractivity contribution is 5.97. The van der Waals surface area contributed by atoms with Crippen LogP contribution in [0.4, 0.5) is 19.0 Å². The summed E-state index contributed by atoms with van der Waals surface area (Å²) < 4.78 is 39.4. The summed E-state index contributed by atoms with van der Waals surface area (Å²) in [5, 5.41) is 4.86. The first-order valence-corrected chi connectivity index (χ1v) is 5.60. The Hall–Kier alpha value is -1.73. The van der Waals surface area contributed by atoms with Crippen molar-refractivity contribution in [3.63, 3.8) is 0 Å². The summed E-state index contributed by atoms with van der Waals surface area (Å²) in [6.07, 6.45) is -3.02. The molecule has 0 saturated carbocycles. The number of hydrogen-bond acceptors (Lipinski definition) is 3. The van der Waals surface area contributed by atoms with E-state index in [-0.39, 0.29) is 24.5 Å². The van der Waals surface area contributed by atoms with Crippen LogP contribution in [0.5, 0.6) is 0 Å². The summed E-state index contributed by atoms with van der Waals surface area (Å²) in [6, 6.07) is -1.63. The zero-order valence-electron chi connectivity index (χ0n) is 9.71. The van der Waals surface area contributed by atoms with Crippen molar-refractivity contribution in [3.8, 4) is 0 Å². The van der Waals surface area contributed by atoms with Crippen molar-refractivity contribution in [2.75, 3.05) is 11.9 Å². The monoisotopic (exact) mass is 262 g/mol. The topological polar surface area (TPSA) is 59.0 Å². The molecule has 0 saturated heterocycles. The Kier molecular flexibility index (Phi) is 3.18. The van der Waals surface area contributed by atoms with E-state index in [0.29, 0.717) is 6.54 Å². The van der Waals surface area contributed by atoms with Crippen LogP contribution in [0.25, 0.3) is 0 Å². The maximum Gasteiger partial charge on any atom is 0.408 e. The van der Waals surface area contributed by atoms with Gasteiger partial charge in [-0.25, -0.2) is 4.98 Å². The second-order valence-corrected chi connectivity index (χ2v) is 4.02. The molecule has 0 radical (unpaired) electrons. The third-order valence-electron chi connectivity index (χ3n) is 2.75. The van der Waals surface area contributed by atoms with Gasteiger partial charge in [-0.2, -0.15) is 13.2 Å². The van der Waals surface area contributed by atoms with E-state index in [4.69, 9.17) is 0 Å². The lowest BCUT2D eigenvalue weighted by Gasteiger charge is -2.28. The van der Waals surface area contributed by atoms with Crippen molar-refractivity contribution >= 4 is 11.7 Å². The molecule has 2 N–H and O–H groups in total. The van der Waals surface area contributed by atoms with Crippen molar-refractivity contribution < 1.29 is 18.0 Å². The summed E-state index contributed by atoms with van der Waals surface area (Å²) in [5.74, 6) is -0.337. The number of alkyl halides is 3. The second kappa shape index (κ2) is 4.51. The Morgan fingerprint density at radius 1 is 1.67 bits per heavy atom. The number of aryl methyl sites for hydroxylation is 1. The van der Waals surface area contributed by atoms with E-state index in [1.807, 2.05) is 0 Å². The van der Waals surface area contributed by atoms with Crippen molar-refractivity contribution in [1.29, 1.82) is 0 Å². The maximum absolute atomic E-state index is 12.6. The van der Waals surface area contributed by atoms with Gasteiger partial charge in [-0.3, -0.25) is 4.79 Å². The summed E-state index contributed by atoms with van der Waals surface area (Å²) >= 11 is 0. The van der Waals surface area contributed by atoms with Crippen LogP contribution in [0.1, 0.15) is 23.8 Å². The molecule has 0 bridgehead atoms. The van der Waals surface area contributed by atoms with Gasteiger partial charge in [0.15, 0.2) is 5.69 Å². The molecule has 100 valence electrons. The van der Waals surface area contributed by atoms with Gasteiger partial charge in [-0.15, -0.1) is 0 Å². The molecule has 1 aliphatic heterocycles. The number of carbonyl (C=O) groups excluding carboxylic acids is 1. The molecule has 0 spiro atoms. The second-order valence-electron chi connectivity index (χ2n) is 4.02. The number of halogens is 3. The predicted molar refractivity (Wildman–Crippen MR) is 58.3 cm³/mol. The van der Waals surface area contributed by atoms with Gasteiger partial charge < -0.3 is 15.2 Å². The first-order valence-electron chi connectivity index (χ1n) is 5.60. The molecule has 0 aliphatic carbocycles. The molecule has 5 nitrogen and oxygen atoms in total. The number of imidazole rings is 1. The van der Waals surface area contributed by atoms with E-state index < -0.39 is 18.1 Å². The van der Waals surface area contributed by atoms with Crippen LogP contribution in [0.15, 0.2) is 6.33 Å². The Morgan fingerprint density at radius 3 is 3.00 bits per heavy atom. The van der Waals surface area contributed by atoms with E-state index in [1.54, 1.807) is 6.92 Å². The maximum atomic E-state index is 12.6. The number of fused-ring (bicyclic) bond motifs is 1. The van der Waals surface area contributed by atoms with Gasteiger partial charge in [0, 0.05) is 13.1 Å². The van der Waals surface area contributed by atoms with E-state index in [1.165, 1.54) is 10.9 Å². The van der Waals surface area contributed by atoms with E-state index in [0.717, 1.165) is 0 Å². The van der Waals surface area contributed by atoms with Crippen molar-refractivity contribution in [1.82, 2.24) is 14.9 Å². The summed E-state index contributed by atoms with van der Waals surface area (Å²) in [7, 11) is 0. The minimum Gasteiger partial charge on any atom is -0.358 e. The minimum atomic E-state index is -4.33. The molecule has 1 aromatic heterocycles. The molecule has 1 unspecified atom stereocenters. The first kappa shape index (κ1) is 12.7. The summed E-state index contributed by atoms with van der Waals surface area (Å²) in [5.41, 5.74) is 0.00537. The highest BCUT2D eigenvalue weighted by Gasteiger charge is 2.42. The fourth-order valence-electron chi connectivity index (χ4n) is 1.86. The number of rotatable bonds is 2. The number of nitrogens with zero attached hydrogens (tertiary/aromatic N) is 2. The molecule has 2 rings (SSSR count). The van der Waals surface area contributed by atoms with Crippen LogP contribution in [0, 0.1) is 0 Å². The average Bonchev–Trinajstić information content (AvgIpc) is 2.70. The van der Waals surface area contributed by atoms with E-state index in [2.05, 4.69) is 15.6 Å². The molecule has 2 heterocycles. The lowest BCUT2D eigenvalue weighted by molar-refractivity contribution is -0.145.